The summed E-state index contributed by atoms with van der Waals surface area (Å²) in [5.74, 6) is 0.103. The number of nitrogens with one attached hydrogen (secondary N) is 1. The number of hydrogen-bond acceptors (Lipinski definition) is 3. The number of amides is 1. The van der Waals surface area contributed by atoms with Crippen LogP contribution in [0.5, 0.6) is 0 Å². The molecule has 0 bridgehead atoms. The number of nitrogens with two attached hydrogens (primary N) is 1. The first-order chi connectivity index (χ1) is 10.1. The zero-order valence-electron chi connectivity index (χ0n) is 12.7. The fourth-order valence-electron chi connectivity index (χ4n) is 3.05. The molecule has 21 heavy (non-hydrogen) atoms. The van der Waals surface area contributed by atoms with Crippen molar-refractivity contribution in [2.45, 2.75) is 44.8 Å². The lowest BCUT2D eigenvalue weighted by Crippen LogP contribution is -2.58. The molecule has 0 spiro atoms. The minimum absolute atomic E-state index is 0.00822. The molecule has 0 radical (unpaired) electrons. The highest BCUT2D eigenvalue weighted by atomic mass is 35.5. The van der Waals surface area contributed by atoms with Gasteiger partial charge in [0.25, 0.3) is 0 Å². The Hall–Kier alpha value is -1.10. The van der Waals surface area contributed by atoms with Crippen LogP contribution in [0.1, 0.15) is 38.3 Å². The minimum Gasteiger partial charge on any atom is -0.353 e. The van der Waals surface area contributed by atoms with Gasteiger partial charge < -0.3 is 11.1 Å². The largest absolute Gasteiger partial charge is 0.353 e. The van der Waals surface area contributed by atoms with Crippen LogP contribution in [0, 0.1) is 0 Å². The number of carbonyl (C=O) groups excluding carboxylic acids is 1. The maximum absolute atomic E-state index is 12.1. The van der Waals surface area contributed by atoms with Gasteiger partial charge in [0, 0.05) is 24.2 Å². The molecule has 116 valence electrons. The zero-order valence-corrected chi connectivity index (χ0v) is 13.4. The molecular weight excluding hydrogens is 286 g/mol. The summed E-state index contributed by atoms with van der Waals surface area (Å²) < 4.78 is 0. The second kappa shape index (κ2) is 7.25. The highest BCUT2D eigenvalue weighted by Gasteiger charge is 2.36. The van der Waals surface area contributed by atoms with Gasteiger partial charge in [0.05, 0.1) is 12.1 Å². The number of rotatable bonds is 5. The van der Waals surface area contributed by atoms with E-state index in [1.807, 2.05) is 31.2 Å². The van der Waals surface area contributed by atoms with E-state index < -0.39 is 0 Å². The molecular formula is C16H24ClN3O. The van der Waals surface area contributed by atoms with Gasteiger partial charge in [-0.1, -0.05) is 37.6 Å². The Kier molecular flexibility index (Phi) is 5.62. The summed E-state index contributed by atoms with van der Waals surface area (Å²) in [6.07, 6.45) is 1.65. The summed E-state index contributed by atoms with van der Waals surface area (Å²) in [5, 5.41) is 3.66. The van der Waals surface area contributed by atoms with Crippen LogP contribution < -0.4 is 11.1 Å². The third kappa shape index (κ3) is 3.57. The molecule has 1 aromatic carbocycles. The summed E-state index contributed by atoms with van der Waals surface area (Å²) in [6, 6.07) is 7.73. The van der Waals surface area contributed by atoms with Gasteiger partial charge in [-0.15, -0.1) is 0 Å². The van der Waals surface area contributed by atoms with Crippen molar-refractivity contribution in [2.75, 3.05) is 13.1 Å². The minimum atomic E-state index is -0.114. The molecule has 1 fully saturated rings. The monoisotopic (exact) mass is 309 g/mol. The molecule has 1 aliphatic rings. The zero-order chi connectivity index (χ0) is 15.4. The number of hydrogen-bond donors (Lipinski definition) is 2. The molecule has 0 saturated carbocycles. The Morgan fingerprint density at radius 3 is 2.62 bits per heavy atom. The van der Waals surface area contributed by atoms with E-state index in [1.165, 1.54) is 0 Å². The number of piperazine rings is 1. The van der Waals surface area contributed by atoms with Crippen molar-refractivity contribution in [3.05, 3.63) is 34.9 Å². The van der Waals surface area contributed by atoms with Crippen molar-refractivity contribution >= 4 is 17.5 Å². The van der Waals surface area contributed by atoms with Crippen LogP contribution in [0.2, 0.25) is 5.02 Å². The van der Waals surface area contributed by atoms with Crippen LogP contribution in [0.3, 0.4) is 0 Å². The molecule has 5 heteroatoms. The van der Waals surface area contributed by atoms with E-state index in [2.05, 4.69) is 17.1 Å². The van der Waals surface area contributed by atoms with Crippen molar-refractivity contribution in [3.8, 4) is 0 Å². The standard InChI is InChI=1S/C16H24ClN3O/c1-3-13(18)15(11-5-7-12(17)8-6-11)20-10-9-19-16(21)14(20)4-2/h5-8,13-15H,3-4,9-10,18H2,1-2H3,(H,19,21). The Bertz CT molecular complexity index is 477. The quantitative estimate of drug-likeness (QED) is 0.877. The average molecular weight is 310 g/mol. The van der Waals surface area contributed by atoms with Gasteiger partial charge in [-0.05, 0) is 30.5 Å². The molecule has 4 nitrogen and oxygen atoms in total. The lowest BCUT2D eigenvalue weighted by atomic mass is 9.93. The van der Waals surface area contributed by atoms with E-state index in [-0.39, 0.29) is 24.0 Å². The van der Waals surface area contributed by atoms with Gasteiger partial charge in [-0.2, -0.15) is 0 Å². The van der Waals surface area contributed by atoms with Crippen molar-refractivity contribution in [3.63, 3.8) is 0 Å². The van der Waals surface area contributed by atoms with Crippen LogP contribution in [0.4, 0.5) is 0 Å². The molecule has 1 aliphatic heterocycles. The van der Waals surface area contributed by atoms with E-state index in [0.717, 1.165) is 24.9 Å². The fourth-order valence-corrected chi connectivity index (χ4v) is 3.18. The lowest BCUT2D eigenvalue weighted by Gasteiger charge is -2.42. The predicted molar refractivity (Wildman–Crippen MR) is 86.3 cm³/mol. The first kappa shape index (κ1) is 16.3. The van der Waals surface area contributed by atoms with Crippen molar-refractivity contribution < 1.29 is 4.79 Å². The summed E-state index contributed by atoms with van der Waals surface area (Å²) in [5.41, 5.74) is 7.50. The van der Waals surface area contributed by atoms with Crippen LogP contribution in [-0.4, -0.2) is 36.0 Å². The van der Waals surface area contributed by atoms with E-state index in [0.29, 0.717) is 11.6 Å². The molecule has 2 rings (SSSR count). The molecule has 0 aromatic heterocycles. The summed E-state index contributed by atoms with van der Waals surface area (Å²) in [7, 11) is 0. The molecule has 0 aliphatic carbocycles. The SMILES string of the molecule is CCC(N)C(c1ccc(Cl)cc1)N1CCNC(=O)C1CC. The molecule has 3 atom stereocenters. The van der Waals surface area contributed by atoms with Gasteiger partial charge >= 0.3 is 0 Å². The van der Waals surface area contributed by atoms with Crippen molar-refractivity contribution in [1.29, 1.82) is 0 Å². The van der Waals surface area contributed by atoms with Crippen LogP contribution in [0.25, 0.3) is 0 Å². The van der Waals surface area contributed by atoms with E-state index in [1.54, 1.807) is 0 Å². The van der Waals surface area contributed by atoms with Gasteiger partial charge in [-0.3, -0.25) is 9.69 Å². The Labute approximate surface area is 131 Å². The van der Waals surface area contributed by atoms with Crippen molar-refractivity contribution in [2.24, 2.45) is 5.73 Å². The highest BCUT2D eigenvalue weighted by Crippen LogP contribution is 2.29. The van der Waals surface area contributed by atoms with E-state index in [9.17, 15) is 4.79 Å². The summed E-state index contributed by atoms with van der Waals surface area (Å²) in [4.78, 5) is 14.4. The summed E-state index contributed by atoms with van der Waals surface area (Å²) in [6.45, 7) is 5.62. The normalized spacial score (nSPS) is 22.7. The molecule has 1 saturated heterocycles. The van der Waals surface area contributed by atoms with Gasteiger partial charge in [-0.25, -0.2) is 0 Å². The van der Waals surface area contributed by atoms with Crippen LogP contribution >= 0.6 is 11.6 Å². The number of carbonyl (C=O) groups is 1. The maximum atomic E-state index is 12.1. The smallest absolute Gasteiger partial charge is 0.237 e. The first-order valence-corrected chi connectivity index (χ1v) is 8.00. The molecule has 1 heterocycles. The Balaban J connectivity index is 2.34. The third-order valence-electron chi connectivity index (χ3n) is 4.20. The molecule has 3 N–H and O–H groups in total. The lowest BCUT2D eigenvalue weighted by molar-refractivity contribution is -0.130. The fraction of sp³-hybridized carbons (Fsp3) is 0.562. The number of benzene rings is 1. The number of halogens is 1. The highest BCUT2D eigenvalue weighted by molar-refractivity contribution is 6.30. The second-order valence-corrected chi connectivity index (χ2v) is 5.96. The van der Waals surface area contributed by atoms with Crippen LogP contribution in [-0.2, 0) is 4.79 Å². The first-order valence-electron chi connectivity index (χ1n) is 7.63. The Morgan fingerprint density at radius 1 is 1.38 bits per heavy atom. The maximum Gasteiger partial charge on any atom is 0.237 e. The van der Waals surface area contributed by atoms with Crippen molar-refractivity contribution in [1.82, 2.24) is 10.2 Å². The summed E-state index contributed by atoms with van der Waals surface area (Å²) >= 11 is 5.99. The van der Waals surface area contributed by atoms with Gasteiger partial charge in [0.15, 0.2) is 0 Å². The Morgan fingerprint density at radius 2 is 2.05 bits per heavy atom. The van der Waals surface area contributed by atoms with E-state index >= 15 is 0 Å². The average Bonchev–Trinajstić information content (AvgIpc) is 2.49. The molecule has 1 amide bonds. The third-order valence-corrected chi connectivity index (χ3v) is 4.46. The topological polar surface area (TPSA) is 58.4 Å². The van der Waals surface area contributed by atoms with Crippen LogP contribution in [0.15, 0.2) is 24.3 Å². The molecule has 1 aromatic rings. The predicted octanol–water partition coefficient (Wildman–Crippen LogP) is 2.33. The van der Waals surface area contributed by atoms with Gasteiger partial charge in [0.1, 0.15) is 0 Å². The second-order valence-electron chi connectivity index (χ2n) is 5.52. The van der Waals surface area contributed by atoms with E-state index in [4.69, 9.17) is 17.3 Å². The number of nitrogens with zero attached hydrogens (tertiary/aromatic N) is 1. The molecule has 3 unspecified atom stereocenters. The van der Waals surface area contributed by atoms with Gasteiger partial charge in [0.2, 0.25) is 5.91 Å².